The summed E-state index contributed by atoms with van der Waals surface area (Å²) in [6.45, 7) is 3.74. The fourth-order valence-electron chi connectivity index (χ4n) is 1.97. The largest absolute Gasteiger partial charge is 0.256 e. The molecule has 0 unspecified atom stereocenters. The molecule has 0 amide bonds. The molecule has 0 aliphatic rings. The number of hydrogen-bond acceptors (Lipinski definition) is 1. The lowest BCUT2D eigenvalue weighted by Gasteiger charge is -2.03. The van der Waals surface area contributed by atoms with E-state index in [2.05, 4.69) is 35.8 Å². The van der Waals surface area contributed by atoms with Gasteiger partial charge in [0.2, 0.25) is 0 Å². The van der Waals surface area contributed by atoms with Gasteiger partial charge in [0, 0.05) is 11.8 Å². The van der Waals surface area contributed by atoms with Gasteiger partial charge in [-0.2, -0.15) is 0 Å². The summed E-state index contributed by atoms with van der Waals surface area (Å²) in [4.78, 5) is 4.53. The molecule has 1 aromatic carbocycles. The van der Waals surface area contributed by atoms with Crippen molar-refractivity contribution >= 4 is 0 Å². The number of rotatable bonds is 6. The number of benzene rings is 1. The highest BCUT2D eigenvalue weighted by Gasteiger charge is 1.98. The van der Waals surface area contributed by atoms with Crippen molar-refractivity contribution in [1.82, 2.24) is 4.98 Å². The van der Waals surface area contributed by atoms with Crippen LogP contribution >= 0.6 is 0 Å². The maximum atomic E-state index is 4.53. The Labute approximate surface area is 109 Å². The van der Waals surface area contributed by atoms with Crippen LogP contribution in [0.1, 0.15) is 24.8 Å². The Hall–Kier alpha value is -1.89. The molecule has 0 atom stereocenters. The first-order valence-corrected chi connectivity index (χ1v) is 6.51. The zero-order chi connectivity index (χ0) is 12.6. The first-order valence-electron chi connectivity index (χ1n) is 6.51. The second-order valence-corrected chi connectivity index (χ2v) is 4.45. The Morgan fingerprint density at radius 1 is 1.00 bits per heavy atom. The fraction of sp³-hybridized carbons (Fsp3) is 0.235. The molecule has 0 radical (unpaired) electrons. The Bertz CT molecular complexity index is 471. The molecular formula is C17H19N. The summed E-state index contributed by atoms with van der Waals surface area (Å²) in [6.07, 6.45) is 8.61. The summed E-state index contributed by atoms with van der Waals surface area (Å²) < 4.78 is 0. The van der Waals surface area contributed by atoms with Crippen molar-refractivity contribution < 1.29 is 0 Å². The van der Waals surface area contributed by atoms with Gasteiger partial charge in [-0.15, -0.1) is 6.58 Å². The van der Waals surface area contributed by atoms with Crippen LogP contribution in [0.2, 0.25) is 0 Å². The van der Waals surface area contributed by atoms with Crippen LogP contribution in [0.15, 0.2) is 61.3 Å². The van der Waals surface area contributed by atoms with Crippen molar-refractivity contribution in [3.05, 3.63) is 66.9 Å². The van der Waals surface area contributed by atoms with Crippen LogP contribution in [0.3, 0.4) is 0 Å². The van der Waals surface area contributed by atoms with E-state index >= 15 is 0 Å². The van der Waals surface area contributed by atoms with Crippen LogP contribution in [0.25, 0.3) is 11.3 Å². The lowest BCUT2D eigenvalue weighted by atomic mass is 10.1. The lowest BCUT2D eigenvalue weighted by Crippen LogP contribution is -1.89. The van der Waals surface area contributed by atoms with Gasteiger partial charge in [0.1, 0.15) is 0 Å². The normalized spacial score (nSPS) is 10.2. The molecule has 2 aromatic rings. The van der Waals surface area contributed by atoms with Crippen molar-refractivity contribution in [1.29, 1.82) is 0 Å². The van der Waals surface area contributed by atoms with Crippen LogP contribution in [-0.2, 0) is 6.42 Å². The Morgan fingerprint density at radius 2 is 1.83 bits per heavy atom. The van der Waals surface area contributed by atoms with Crippen LogP contribution < -0.4 is 0 Å². The lowest BCUT2D eigenvalue weighted by molar-refractivity contribution is 0.746. The van der Waals surface area contributed by atoms with Gasteiger partial charge in [0.05, 0.1) is 5.69 Å². The molecule has 1 nitrogen and oxygen atoms in total. The molecule has 0 aliphatic carbocycles. The number of hydrogen-bond donors (Lipinski definition) is 0. The van der Waals surface area contributed by atoms with E-state index < -0.39 is 0 Å². The first-order chi connectivity index (χ1) is 8.90. The van der Waals surface area contributed by atoms with Gasteiger partial charge in [0.25, 0.3) is 0 Å². The van der Waals surface area contributed by atoms with E-state index in [1.807, 2.05) is 30.5 Å². The third kappa shape index (κ3) is 3.56. The van der Waals surface area contributed by atoms with Crippen LogP contribution in [0.5, 0.6) is 0 Å². The van der Waals surface area contributed by atoms with Gasteiger partial charge in [-0.05, 0) is 37.3 Å². The van der Waals surface area contributed by atoms with E-state index in [4.69, 9.17) is 0 Å². The molecule has 0 saturated carbocycles. The summed E-state index contributed by atoms with van der Waals surface area (Å²) in [6, 6.07) is 14.6. The number of pyridine rings is 1. The Kier molecular flexibility index (Phi) is 4.71. The monoisotopic (exact) mass is 237 g/mol. The van der Waals surface area contributed by atoms with Crippen molar-refractivity contribution in [3.63, 3.8) is 0 Å². The van der Waals surface area contributed by atoms with Gasteiger partial charge in [0.15, 0.2) is 0 Å². The average Bonchev–Trinajstić information content (AvgIpc) is 2.45. The minimum atomic E-state index is 1.05. The number of nitrogens with zero attached hydrogens (tertiary/aromatic N) is 1. The van der Waals surface area contributed by atoms with E-state index in [1.165, 1.54) is 24.0 Å². The van der Waals surface area contributed by atoms with E-state index in [9.17, 15) is 0 Å². The van der Waals surface area contributed by atoms with E-state index in [0.717, 1.165) is 18.5 Å². The minimum Gasteiger partial charge on any atom is -0.256 e. The second kappa shape index (κ2) is 6.75. The standard InChI is InChI=1S/C17H19N/c1-2-3-4-6-9-15-12-13-17(18-14-15)16-10-7-5-8-11-16/h2,5,7-8,10-14H,1,3-4,6,9H2. The quantitative estimate of drug-likeness (QED) is 0.526. The highest BCUT2D eigenvalue weighted by molar-refractivity contribution is 5.58. The number of allylic oxidation sites excluding steroid dienone is 1. The maximum Gasteiger partial charge on any atom is 0.0702 e. The zero-order valence-corrected chi connectivity index (χ0v) is 10.7. The Balaban J connectivity index is 1.95. The summed E-state index contributed by atoms with van der Waals surface area (Å²) in [5.41, 5.74) is 3.54. The molecule has 0 fully saturated rings. The predicted molar refractivity (Wildman–Crippen MR) is 77.4 cm³/mol. The highest BCUT2D eigenvalue weighted by atomic mass is 14.7. The molecule has 0 aliphatic heterocycles. The van der Waals surface area contributed by atoms with E-state index in [0.29, 0.717) is 0 Å². The van der Waals surface area contributed by atoms with Gasteiger partial charge >= 0.3 is 0 Å². The first kappa shape index (κ1) is 12.6. The number of unbranched alkanes of at least 4 members (excludes halogenated alkanes) is 2. The molecule has 18 heavy (non-hydrogen) atoms. The summed E-state index contributed by atoms with van der Waals surface area (Å²) in [5, 5.41) is 0. The molecule has 1 heteroatoms. The fourth-order valence-corrected chi connectivity index (χ4v) is 1.97. The van der Waals surface area contributed by atoms with Crippen molar-refractivity contribution in [2.75, 3.05) is 0 Å². The molecule has 1 heterocycles. The molecule has 1 aromatic heterocycles. The molecule has 0 N–H and O–H groups in total. The van der Waals surface area contributed by atoms with E-state index in [1.54, 1.807) is 0 Å². The maximum absolute atomic E-state index is 4.53. The van der Waals surface area contributed by atoms with Crippen LogP contribution in [0, 0.1) is 0 Å². The molecule has 92 valence electrons. The summed E-state index contributed by atoms with van der Waals surface area (Å²) >= 11 is 0. The Morgan fingerprint density at radius 3 is 2.50 bits per heavy atom. The van der Waals surface area contributed by atoms with Crippen LogP contribution in [0.4, 0.5) is 0 Å². The second-order valence-electron chi connectivity index (χ2n) is 4.45. The highest BCUT2D eigenvalue weighted by Crippen LogP contribution is 2.16. The predicted octanol–water partition coefficient (Wildman–Crippen LogP) is 4.65. The van der Waals surface area contributed by atoms with Crippen molar-refractivity contribution in [2.24, 2.45) is 0 Å². The number of aromatic nitrogens is 1. The minimum absolute atomic E-state index is 1.05. The van der Waals surface area contributed by atoms with Gasteiger partial charge in [-0.3, -0.25) is 4.98 Å². The third-order valence-corrected chi connectivity index (χ3v) is 3.02. The smallest absolute Gasteiger partial charge is 0.0702 e. The van der Waals surface area contributed by atoms with Crippen molar-refractivity contribution in [2.45, 2.75) is 25.7 Å². The van der Waals surface area contributed by atoms with Gasteiger partial charge in [-0.25, -0.2) is 0 Å². The number of aryl methyl sites for hydroxylation is 1. The topological polar surface area (TPSA) is 12.9 Å². The zero-order valence-electron chi connectivity index (χ0n) is 10.7. The van der Waals surface area contributed by atoms with E-state index in [-0.39, 0.29) is 0 Å². The molecular weight excluding hydrogens is 218 g/mol. The third-order valence-electron chi connectivity index (χ3n) is 3.02. The van der Waals surface area contributed by atoms with Gasteiger partial charge in [-0.1, -0.05) is 42.5 Å². The summed E-state index contributed by atoms with van der Waals surface area (Å²) in [7, 11) is 0. The van der Waals surface area contributed by atoms with Gasteiger partial charge < -0.3 is 0 Å². The molecule has 0 bridgehead atoms. The van der Waals surface area contributed by atoms with Crippen molar-refractivity contribution in [3.8, 4) is 11.3 Å². The summed E-state index contributed by atoms with van der Waals surface area (Å²) in [5.74, 6) is 0. The van der Waals surface area contributed by atoms with Crippen LogP contribution in [-0.4, -0.2) is 4.98 Å². The average molecular weight is 237 g/mol. The SMILES string of the molecule is C=CCCCCc1ccc(-c2ccccc2)nc1. The molecule has 0 spiro atoms. The molecule has 0 saturated heterocycles. The molecule has 2 rings (SSSR count).